The summed E-state index contributed by atoms with van der Waals surface area (Å²) >= 11 is 0. The highest BCUT2D eigenvalue weighted by Gasteiger charge is 2.30. The standard InChI is InChI=1S/C21H31N5O2/c1-2-22-21(25-9-8-18(16-25)24-11-13-28-14-12-24)23-15-20(27)26-10-7-17-5-3-4-6-19(17)26/h3-6,18H,2,7-16H2,1H3,(H,22,23). The zero-order chi connectivity index (χ0) is 19.3. The number of guanidine groups is 1. The number of rotatable bonds is 4. The van der Waals surface area contributed by atoms with Gasteiger partial charge in [-0.2, -0.15) is 0 Å². The van der Waals surface area contributed by atoms with Crippen LogP contribution in [0.2, 0.25) is 0 Å². The first kappa shape index (κ1) is 19.2. The lowest BCUT2D eigenvalue weighted by atomic mass is 10.2. The summed E-state index contributed by atoms with van der Waals surface area (Å²) in [4.78, 5) is 24.2. The first-order valence-electron chi connectivity index (χ1n) is 10.5. The van der Waals surface area contributed by atoms with Gasteiger partial charge in [-0.3, -0.25) is 9.69 Å². The van der Waals surface area contributed by atoms with Gasteiger partial charge in [0.25, 0.3) is 0 Å². The summed E-state index contributed by atoms with van der Waals surface area (Å²) < 4.78 is 5.48. The van der Waals surface area contributed by atoms with Crippen molar-refractivity contribution >= 4 is 17.6 Å². The molecular weight excluding hydrogens is 354 g/mol. The molecule has 1 amide bonds. The van der Waals surface area contributed by atoms with Gasteiger partial charge in [0.15, 0.2) is 5.96 Å². The van der Waals surface area contributed by atoms with E-state index in [4.69, 9.17) is 4.74 Å². The second kappa shape index (κ2) is 8.92. The molecule has 3 heterocycles. The maximum absolute atomic E-state index is 12.8. The van der Waals surface area contributed by atoms with Crippen molar-refractivity contribution in [2.75, 3.05) is 63.9 Å². The van der Waals surface area contributed by atoms with Gasteiger partial charge >= 0.3 is 0 Å². The van der Waals surface area contributed by atoms with E-state index in [2.05, 4.69) is 33.1 Å². The Balaban J connectivity index is 1.38. The average Bonchev–Trinajstić information content (AvgIpc) is 3.39. The summed E-state index contributed by atoms with van der Waals surface area (Å²) in [6.07, 6.45) is 2.07. The monoisotopic (exact) mass is 385 g/mol. The fourth-order valence-corrected chi connectivity index (χ4v) is 4.43. The number of benzene rings is 1. The molecule has 7 nitrogen and oxygen atoms in total. The Morgan fingerprint density at radius 3 is 2.86 bits per heavy atom. The van der Waals surface area contributed by atoms with Crippen LogP contribution < -0.4 is 10.2 Å². The maximum Gasteiger partial charge on any atom is 0.248 e. The van der Waals surface area contributed by atoms with Gasteiger partial charge in [-0.25, -0.2) is 4.99 Å². The summed E-state index contributed by atoms with van der Waals surface area (Å²) in [5, 5.41) is 3.38. The predicted molar refractivity (Wildman–Crippen MR) is 111 cm³/mol. The van der Waals surface area contributed by atoms with Crippen LogP contribution in [0.25, 0.3) is 0 Å². The van der Waals surface area contributed by atoms with E-state index in [1.807, 2.05) is 23.1 Å². The largest absolute Gasteiger partial charge is 0.379 e. The molecule has 4 rings (SSSR count). The molecule has 0 saturated carbocycles. The number of hydrogen-bond acceptors (Lipinski definition) is 4. The van der Waals surface area contributed by atoms with Crippen LogP contribution in [0.1, 0.15) is 18.9 Å². The molecule has 2 saturated heterocycles. The number of carbonyl (C=O) groups excluding carboxylic acids is 1. The molecule has 0 aromatic heterocycles. The minimum atomic E-state index is 0.0734. The Morgan fingerprint density at radius 2 is 2.04 bits per heavy atom. The number of aliphatic imine (C=N–C) groups is 1. The number of nitrogens with zero attached hydrogens (tertiary/aromatic N) is 4. The molecule has 1 aromatic carbocycles. The predicted octanol–water partition coefficient (Wildman–Crippen LogP) is 0.948. The van der Waals surface area contributed by atoms with Gasteiger partial charge < -0.3 is 19.9 Å². The maximum atomic E-state index is 12.8. The zero-order valence-corrected chi connectivity index (χ0v) is 16.8. The lowest BCUT2D eigenvalue weighted by molar-refractivity contribution is -0.117. The lowest BCUT2D eigenvalue weighted by Crippen LogP contribution is -2.47. The topological polar surface area (TPSA) is 60.4 Å². The van der Waals surface area contributed by atoms with E-state index < -0.39 is 0 Å². The minimum Gasteiger partial charge on any atom is -0.379 e. The van der Waals surface area contributed by atoms with E-state index in [0.717, 1.165) is 77.0 Å². The number of para-hydroxylation sites is 1. The summed E-state index contributed by atoms with van der Waals surface area (Å²) in [6, 6.07) is 8.71. The molecule has 3 aliphatic heterocycles. The number of fused-ring (bicyclic) bond motifs is 1. The summed E-state index contributed by atoms with van der Waals surface area (Å²) in [5.41, 5.74) is 2.29. The average molecular weight is 386 g/mol. The van der Waals surface area contributed by atoms with Gasteiger partial charge in [-0.15, -0.1) is 0 Å². The van der Waals surface area contributed by atoms with Crippen molar-refractivity contribution in [3.63, 3.8) is 0 Å². The summed E-state index contributed by atoms with van der Waals surface area (Å²) in [6.45, 7) is 9.45. The van der Waals surface area contributed by atoms with Crippen LogP contribution in [-0.4, -0.2) is 86.7 Å². The van der Waals surface area contributed by atoms with Gasteiger partial charge in [0, 0.05) is 51.0 Å². The van der Waals surface area contributed by atoms with Crippen LogP contribution in [0.3, 0.4) is 0 Å². The van der Waals surface area contributed by atoms with Gasteiger partial charge in [-0.1, -0.05) is 18.2 Å². The molecule has 2 fully saturated rings. The summed E-state index contributed by atoms with van der Waals surface area (Å²) in [7, 11) is 0. The third-order valence-corrected chi connectivity index (χ3v) is 5.91. The van der Waals surface area contributed by atoms with Crippen molar-refractivity contribution in [2.45, 2.75) is 25.8 Å². The quantitative estimate of drug-likeness (QED) is 0.618. The van der Waals surface area contributed by atoms with E-state index in [-0.39, 0.29) is 12.5 Å². The van der Waals surface area contributed by atoms with Gasteiger partial charge in [0.2, 0.25) is 5.91 Å². The third-order valence-electron chi connectivity index (χ3n) is 5.91. The molecular formula is C21H31N5O2. The van der Waals surface area contributed by atoms with Crippen LogP contribution in [-0.2, 0) is 16.0 Å². The molecule has 152 valence electrons. The van der Waals surface area contributed by atoms with Gasteiger partial charge in [-0.05, 0) is 31.4 Å². The van der Waals surface area contributed by atoms with Crippen LogP contribution in [0.4, 0.5) is 5.69 Å². The Bertz CT molecular complexity index is 717. The number of likely N-dealkylation sites (tertiary alicyclic amines) is 1. The molecule has 1 N–H and O–H groups in total. The fraction of sp³-hybridized carbons (Fsp3) is 0.619. The third kappa shape index (κ3) is 4.15. The van der Waals surface area contributed by atoms with Crippen molar-refractivity contribution in [1.29, 1.82) is 0 Å². The molecule has 0 radical (unpaired) electrons. The van der Waals surface area contributed by atoms with Crippen LogP contribution >= 0.6 is 0 Å². The van der Waals surface area contributed by atoms with E-state index >= 15 is 0 Å². The fourth-order valence-electron chi connectivity index (χ4n) is 4.43. The zero-order valence-electron chi connectivity index (χ0n) is 16.8. The van der Waals surface area contributed by atoms with E-state index in [1.165, 1.54) is 5.56 Å². The Morgan fingerprint density at radius 1 is 1.21 bits per heavy atom. The number of hydrogen-bond donors (Lipinski definition) is 1. The molecule has 28 heavy (non-hydrogen) atoms. The molecule has 0 spiro atoms. The van der Waals surface area contributed by atoms with Crippen molar-refractivity contribution < 1.29 is 9.53 Å². The minimum absolute atomic E-state index is 0.0734. The molecule has 0 bridgehead atoms. The van der Waals surface area contributed by atoms with E-state index in [9.17, 15) is 4.79 Å². The SMILES string of the molecule is CCNC(=NCC(=O)N1CCc2ccccc21)N1CCC(N2CCOCC2)C1. The van der Waals surface area contributed by atoms with Crippen molar-refractivity contribution in [3.05, 3.63) is 29.8 Å². The Hall–Kier alpha value is -2.12. The van der Waals surface area contributed by atoms with Gasteiger partial charge in [0.1, 0.15) is 6.54 Å². The smallest absolute Gasteiger partial charge is 0.248 e. The van der Waals surface area contributed by atoms with Crippen molar-refractivity contribution in [3.8, 4) is 0 Å². The number of carbonyl (C=O) groups is 1. The first-order valence-corrected chi connectivity index (χ1v) is 10.5. The van der Waals surface area contributed by atoms with Crippen LogP contribution in [0, 0.1) is 0 Å². The number of nitrogens with one attached hydrogen (secondary N) is 1. The lowest BCUT2D eigenvalue weighted by Gasteiger charge is -2.32. The second-order valence-corrected chi connectivity index (χ2v) is 7.63. The number of morpholine rings is 1. The van der Waals surface area contributed by atoms with Crippen molar-refractivity contribution in [1.82, 2.24) is 15.1 Å². The number of ether oxygens (including phenoxy) is 1. The molecule has 7 heteroatoms. The second-order valence-electron chi connectivity index (χ2n) is 7.63. The highest BCUT2D eigenvalue weighted by atomic mass is 16.5. The molecule has 0 aliphatic carbocycles. The molecule has 1 atom stereocenters. The van der Waals surface area contributed by atoms with Crippen molar-refractivity contribution in [2.24, 2.45) is 4.99 Å². The highest BCUT2D eigenvalue weighted by Crippen LogP contribution is 2.27. The number of anilines is 1. The Labute approximate surface area is 167 Å². The normalized spacial score (nSPS) is 23.2. The Kier molecular flexibility index (Phi) is 6.12. The first-order chi connectivity index (χ1) is 13.8. The van der Waals surface area contributed by atoms with E-state index in [1.54, 1.807) is 0 Å². The number of amides is 1. The molecule has 1 unspecified atom stereocenters. The van der Waals surface area contributed by atoms with Crippen LogP contribution in [0.5, 0.6) is 0 Å². The van der Waals surface area contributed by atoms with Crippen LogP contribution in [0.15, 0.2) is 29.3 Å². The highest BCUT2D eigenvalue weighted by molar-refractivity contribution is 5.98. The molecule has 1 aromatic rings. The van der Waals surface area contributed by atoms with Gasteiger partial charge in [0.05, 0.1) is 13.2 Å². The van der Waals surface area contributed by atoms with E-state index in [0.29, 0.717) is 6.04 Å². The molecule has 3 aliphatic rings. The summed E-state index contributed by atoms with van der Waals surface area (Å²) in [5.74, 6) is 0.934.